The second kappa shape index (κ2) is 6.83. The zero-order valence-electron chi connectivity index (χ0n) is 13.9. The third kappa shape index (κ3) is 3.98. The van der Waals surface area contributed by atoms with Crippen molar-refractivity contribution in [2.45, 2.75) is 25.9 Å². The Morgan fingerprint density at radius 2 is 2.21 bits per heavy atom. The van der Waals surface area contributed by atoms with Crippen LogP contribution in [0, 0.1) is 0 Å². The van der Waals surface area contributed by atoms with Gasteiger partial charge in [0.25, 0.3) is 0 Å². The van der Waals surface area contributed by atoms with Crippen molar-refractivity contribution in [3.63, 3.8) is 0 Å². The molecule has 1 aliphatic heterocycles. The third-order valence-electron chi connectivity index (χ3n) is 3.66. The smallest absolute Gasteiger partial charge is 0.244 e. The minimum absolute atomic E-state index is 0.189. The number of para-hydroxylation sites is 1. The Morgan fingerprint density at radius 3 is 3.00 bits per heavy atom. The number of fused-ring (bicyclic) bond motifs is 1. The van der Waals surface area contributed by atoms with E-state index in [0.29, 0.717) is 18.9 Å². The van der Waals surface area contributed by atoms with Gasteiger partial charge in [0.15, 0.2) is 11.5 Å². The molecule has 0 bridgehead atoms. The van der Waals surface area contributed by atoms with Gasteiger partial charge in [0.05, 0.1) is 12.8 Å². The standard InChI is InChI=1S/C19H21NO4/c1-19(2)13-14-5-3-7-16(18(14)24-19)23-12-10-20-17(21)9-8-15-6-4-11-22-15/h3-9,11H,10,12-13H2,1-2H3,(H,20,21). The van der Waals surface area contributed by atoms with Gasteiger partial charge in [-0.3, -0.25) is 4.79 Å². The lowest BCUT2D eigenvalue weighted by Crippen LogP contribution is -2.26. The molecular weight excluding hydrogens is 306 g/mol. The van der Waals surface area contributed by atoms with Gasteiger partial charge in [-0.25, -0.2) is 0 Å². The SMILES string of the molecule is CC1(C)Cc2cccc(OCCNC(=O)C=Cc3ccco3)c2O1. The van der Waals surface area contributed by atoms with E-state index in [2.05, 4.69) is 25.2 Å². The number of rotatable bonds is 6. The predicted molar refractivity (Wildman–Crippen MR) is 91.1 cm³/mol. The van der Waals surface area contributed by atoms with Crippen LogP contribution in [0.2, 0.25) is 0 Å². The van der Waals surface area contributed by atoms with E-state index in [1.54, 1.807) is 24.5 Å². The minimum Gasteiger partial charge on any atom is -0.488 e. The van der Waals surface area contributed by atoms with Gasteiger partial charge in [-0.1, -0.05) is 12.1 Å². The molecule has 1 N–H and O–H groups in total. The molecule has 0 saturated carbocycles. The number of amides is 1. The van der Waals surface area contributed by atoms with Gasteiger partial charge in [0.2, 0.25) is 5.91 Å². The van der Waals surface area contributed by atoms with Crippen molar-refractivity contribution in [3.8, 4) is 11.5 Å². The molecule has 1 aromatic heterocycles. The van der Waals surface area contributed by atoms with E-state index in [1.807, 2.05) is 12.1 Å². The molecule has 0 aliphatic carbocycles. The Morgan fingerprint density at radius 1 is 1.33 bits per heavy atom. The molecule has 5 nitrogen and oxygen atoms in total. The minimum atomic E-state index is -0.202. The zero-order chi connectivity index (χ0) is 17.0. The van der Waals surface area contributed by atoms with Crippen LogP contribution in [0.5, 0.6) is 11.5 Å². The molecule has 5 heteroatoms. The molecule has 0 spiro atoms. The van der Waals surface area contributed by atoms with Gasteiger partial charge in [-0.05, 0) is 38.1 Å². The van der Waals surface area contributed by atoms with E-state index in [0.717, 1.165) is 23.5 Å². The fraction of sp³-hybridized carbons (Fsp3) is 0.316. The number of carbonyl (C=O) groups is 1. The van der Waals surface area contributed by atoms with Crippen LogP contribution in [0.3, 0.4) is 0 Å². The molecular formula is C19H21NO4. The molecule has 0 unspecified atom stereocenters. The van der Waals surface area contributed by atoms with Crippen LogP contribution in [0.15, 0.2) is 47.1 Å². The number of hydrogen-bond acceptors (Lipinski definition) is 4. The molecule has 1 aromatic carbocycles. The summed E-state index contributed by atoms with van der Waals surface area (Å²) in [5.41, 5.74) is 0.954. The summed E-state index contributed by atoms with van der Waals surface area (Å²) in [4.78, 5) is 11.7. The zero-order valence-corrected chi connectivity index (χ0v) is 13.9. The van der Waals surface area contributed by atoms with Crippen LogP contribution in [-0.4, -0.2) is 24.7 Å². The summed E-state index contributed by atoms with van der Waals surface area (Å²) in [6.45, 7) is 4.90. The molecule has 0 fully saturated rings. The molecule has 1 aliphatic rings. The quantitative estimate of drug-likeness (QED) is 0.654. The van der Waals surface area contributed by atoms with E-state index in [1.165, 1.54) is 6.08 Å². The molecule has 0 saturated heterocycles. The lowest BCUT2D eigenvalue weighted by atomic mass is 10.0. The Labute approximate surface area is 141 Å². The Balaban J connectivity index is 1.46. The average molecular weight is 327 g/mol. The van der Waals surface area contributed by atoms with Gasteiger partial charge in [-0.2, -0.15) is 0 Å². The van der Waals surface area contributed by atoms with E-state index in [4.69, 9.17) is 13.9 Å². The Bertz CT molecular complexity index is 732. The first-order valence-electron chi connectivity index (χ1n) is 7.97. The molecule has 126 valence electrons. The molecule has 2 aromatic rings. The van der Waals surface area contributed by atoms with Crippen LogP contribution in [-0.2, 0) is 11.2 Å². The number of hydrogen-bond donors (Lipinski definition) is 1. The van der Waals surface area contributed by atoms with E-state index >= 15 is 0 Å². The summed E-state index contributed by atoms with van der Waals surface area (Å²) in [7, 11) is 0. The topological polar surface area (TPSA) is 60.7 Å². The highest BCUT2D eigenvalue weighted by molar-refractivity contribution is 5.91. The summed E-state index contributed by atoms with van der Waals surface area (Å²) >= 11 is 0. The molecule has 1 amide bonds. The third-order valence-corrected chi connectivity index (χ3v) is 3.66. The van der Waals surface area contributed by atoms with Crippen molar-refractivity contribution in [1.82, 2.24) is 5.32 Å². The van der Waals surface area contributed by atoms with Gasteiger partial charge >= 0.3 is 0 Å². The number of nitrogens with one attached hydrogen (secondary N) is 1. The highest BCUT2D eigenvalue weighted by Gasteiger charge is 2.32. The maximum absolute atomic E-state index is 11.7. The normalized spacial score (nSPS) is 15.1. The van der Waals surface area contributed by atoms with Crippen LogP contribution in [0.1, 0.15) is 25.2 Å². The summed E-state index contributed by atoms with van der Waals surface area (Å²) in [5.74, 6) is 1.98. The van der Waals surface area contributed by atoms with Crippen LogP contribution in [0.4, 0.5) is 0 Å². The van der Waals surface area contributed by atoms with E-state index in [9.17, 15) is 4.79 Å². The fourth-order valence-corrected chi connectivity index (χ4v) is 2.64. The van der Waals surface area contributed by atoms with Crippen LogP contribution in [0.25, 0.3) is 6.08 Å². The molecule has 0 radical (unpaired) electrons. The lowest BCUT2D eigenvalue weighted by molar-refractivity contribution is -0.116. The molecule has 0 atom stereocenters. The lowest BCUT2D eigenvalue weighted by Gasteiger charge is -2.18. The second-order valence-corrected chi connectivity index (χ2v) is 6.27. The van der Waals surface area contributed by atoms with E-state index < -0.39 is 0 Å². The molecule has 3 rings (SSSR count). The van der Waals surface area contributed by atoms with Crippen molar-refractivity contribution in [2.75, 3.05) is 13.2 Å². The van der Waals surface area contributed by atoms with Gasteiger partial charge in [0.1, 0.15) is 18.0 Å². The van der Waals surface area contributed by atoms with Crippen LogP contribution < -0.4 is 14.8 Å². The van der Waals surface area contributed by atoms with Crippen molar-refractivity contribution >= 4 is 12.0 Å². The molecule has 2 heterocycles. The maximum atomic E-state index is 11.7. The number of furan rings is 1. The largest absolute Gasteiger partial charge is 0.488 e. The Kier molecular flexibility index (Phi) is 4.60. The average Bonchev–Trinajstić information content (AvgIpc) is 3.15. The first kappa shape index (κ1) is 16.2. The fourth-order valence-electron chi connectivity index (χ4n) is 2.64. The molecule has 24 heavy (non-hydrogen) atoms. The van der Waals surface area contributed by atoms with Gasteiger partial charge < -0.3 is 19.2 Å². The Hall–Kier alpha value is -2.69. The number of benzene rings is 1. The maximum Gasteiger partial charge on any atom is 0.244 e. The second-order valence-electron chi connectivity index (χ2n) is 6.27. The summed E-state index contributed by atoms with van der Waals surface area (Å²) in [5, 5.41) is 2.77. The van der Waals surface area contributed by atoms with Crippen molar-refractivity contribution in [3.05, 3.63) is 54.0 Å². The number of ether oxygens (including phenoxy) is 2. The number of carbonyl (C=O) groups excluding carboxylic acids is 1. The van der Waals surface area contributed by atoms with Gasteiger partial charge in [0, 0.05) is 18.1 Å². The van der Waals surface area contributed by atoms with Gasteiger partial charge in [-0.15, -0.1) is 0 Å². The van der Waals surface area contributed by atoms with Crippen molar-refractivity contribution in [2.24, 2.45) is 0 Å². The highest BCUT2D eigenvalue weighted by atomic mass is 16.5. The van der Waals surface area contributed by atoms with Crippen LogP contribution >= 0.6 is 0 Å². The monoisotopic (exact) mass is 327 g/mol. The summed E-state index contributed by atoms with van der Waals surface area (Å²) in [6, 6.07) is 9.46. The van der Waals surface area contributed by atoms with Crippen molar-refractivity contribution < 1.29 is 18.7 Å². The first-order valence-corrected chi connectivity index (χ1v) is 7.97. The summed E-state index contributed by atoms with van der Waals surface area (Å²) in [6.07, 6.45) is 5.49. The highest BCUT2D eigenvalue weighted by Crippen LogP contribution is 2.41. The predicted octanol–water partition coefficient (Wildman–Crippen LogP) is 3.20. The van der Waals surface area contributed by atoms with E-state index in [-0.39, 0.29) is 11.5 Å². The first-order chi connectivity index (χ1) is 11.5. The summed E-state index contributed by atoms with van der Waals surface area (Å²) < 4.78 is 16.8. The van der Waals surface area contributed by atoms with Crippen molar-refractivity contribution in [1.29, 1.82) is 0 Å².